The minimum Gasteiger partial charge on any atom is -0.468 e. The van der Waals surface area contributed by atoms with E-state index in [1.165, 1.54) is 14.0 Å². The first-order valence-electron chi connectivity index (χ1n) is 7.79. The van der Waals surface area contributed by atoms with Gasteiger partial charge in [-0.3, -0.25) is 19.7 Å². The number of ketones is 1. The molecular formula is C19H19NO5. The molecule has 2 aromatic carbocycles. The van der Waals surface area contributed by atoms with Crippen LogP contribution in [0.2, 0.25) is 0 Å². The third kappa shape index (κ3) is 4.09. The summed E-state index contributed by atoms with van der Waals surface area (Å²) in [6, 6.07) is 15.7. The van der Waals surface area contributed by atoms with Crippen molar-refractivity contribution in [2.75, 3.05) is 7.11 Å². The Labute approximate surface area is 145 Å². The van der Waals surface area contributed by atoms with E-state index in [0.29, 0.717) is 11.1 Å². The molecule has 6 nitrogen and oxygen atoms in total. The molecule has 0 N–H and O–H groups in total. The first kappa shape index (κ1) is 18.3. The Morgan fingerprint density at radius 3 is 1.84 bits per heavy atom. The predicted octanol–water partition coefficient (Wildman–Crippen LogP) is 3.17. The summed E-state index contributed by atoms with van der Waals surface area (Å²) in [5.41, 5.74) is 0.968. The van der Waals surface area contributed by atoms with Crippen LogP contribution < -0.4 is 0 Å². The first-order valence-corrected chi connectivity index (χ1v) is 7.79. The first-order chi connectivity index (χ1) is 12.0. The summed E-state index contributed by atoms with van der Waals surface area (Å²) in [7, 11) is 1.17. The lowest BCUT2D eigenvalue weighted by Crippen LogP contribution is -2.35. The van der Waals surface area contributed by atoms with Gasteiger partial charge in [0.15, 0.2) is 0 Å². The van der Waals surface area contributed by atoms with Crippen LogP contribution in [0.25, 0.3) is 0 Å². The van der Waals surface area contributed by atoms with Gasteiger partial charge in [0.05, 0.1) is 13.0 Å². The molecule has 3 atom stereocenters. The van der Waals surface area contributed by atoms with Crippen molar-refractivity contribution >= 4 is 11.8 Å². The number of hydrogen-bond acceptors (Lipinski definition) is 5. The molecule has 0 bridgehead atoms. The summed E-state index contributed by atoms with van der Waals surface area (Å²) >= 11 is 0. The Hall–Kier alpha value is -3.02. The van der Waals surface area contributed by atoms with Crippen LogP contribution in [0.3, 0.4) is 0 Å². The number of ether oxygens (including phenoxy) is 1. The summed E-state index contributed by atoms with van der Waals surface area (Å²) in [4.78, 5) is 35.9. The van der Waals surface area contributed by atoms with Gasteiger partial charge in [0, 0.05) is 10.5 Å². The fourth-order valence-corrected chi connectivity index (χ4v) is 3.04. The van der Waals surface area contributed by atoms with E-state index in [2.05, 4.69) is 0 Å². The lowest BCUT2D eigenvalue weighted by atomic mass is 9.76. The highest BCUT2D eigenvalue weighted by Crippen LogP contribution is 2.40. The topological polar surface area (TPSA) is 86.5 Å². The van der Waals surface area contributed by atoms with Crippen LogP contribution >= 0.6 is 0 Å². The molecule has 0 spiro atoms. The second kappa shape index (κ2) is 8.19. The predicted molar refractivity (Wildman–Crippen MR) is 91.5 cm³/mol. The standard InChI is InChI=1S/C19H19NO5/c1-13(21)16(19(22)25-2)17(14-9-5-3-6-10-14)18(20(23)24)15-11-7-4-8-12-15/h3-12,16-18H,1-2H3/t16-,17+,18-/m1/s1. The van der Waals surface area contributed by atoms with Crippen LogP contribution in [0.1, 0.15) is 30.0 Å². The van der Waals surface area contributed by atoms with Gasteiger partial charge in [-0.15, -0.1) is 0 Å². The van der Waals surface area contributed by atoms with Gasteiger partial charge in [-0.1, -0.05) is 60.7 Å². The van der Waals surface area contributed by atoms with Crippen molar-refractivity contribution in [2.24, 2.45) is 5.92 Å². The SMILES string of the molecule is COC(=O)[C@H](C(C)=O)[C@H](c1ccccc1)[C@@H](c1ccccc1)[N+](=O)[O-]. The van der Waals surface area contributed by atoms with E-state index in [4.69, 9.17) is 4.74 Å². The van der Waals surface area contributed by atoms with Gasteiger partial charge in [-0.25, -0.2) is 0 Å². The Bertz CT molecular complexity index is 745. The van der Waals surface area contributed by atoms with Crippen molar-refractivity contribution in [1.29, 1.82) is 0 Å². The average Bonchev–Trinajstić information content (AvgIpc) is 2.62. The third-order valence-corrected chi connectivity index (χ3v) is 4.15. The molecule has 130 valence electrons. The molecule has 0 aliphatic heterocycles. The molecule has 0 aliphatic rings. The second-order valence-corrected chi connectivity index (χ2v) is 5.69. The zero-order valence-corrected chi connectivity index (χ0v) is 14.0. The number of nitro groups is 1. The number of carbonyl (C=O) groups excluding carboxylic acids is 2. The molecule has 2 rings (SSSR count). The Balaban J connectivity index is 2.66. The number of carbonyl (C=O) groups is 2. The van der Waals surface area contributed by atoms with Crippen molar-refractivity contribution in [3.8, 4) is 0 Å². The van der Waals surface area contributed by atoms with Crippen LogP contribution in [-0.4, -0.2) is 23.8 Å². The molecule has 0 saturated carbocycles. The van der Waals surface area contributed by atoms with E-state index in [0.717, 1.165) is 0 Å². The summed E-state index contributed by atoms with van der Waals surface area (Å²) < 4.78 is 4.76. The van der Waals surface area contributed by atoms with Crippen molar-refractivity contribution < 1.29 is 19.2 Å². The maximum atomic E-state index is 12.3. The molecule has 25 heavy (non-hydrogen) atoms. The average molecular weight is 341 g/mol. The highest BCUT2D eigenvalue weighted by atomic mass is 16.6. The fourth-order valence-electron chi connectivity index (χ4n) is 3.04. The molecular weight excluding hydrogens is 322 g/mol. The molecule has 6 heteroatoms. The highest BCUT2D eigenvalue weighted by Gasteiger charge is 2.45. The zero-order valence-electron chi connectivity index (χ0n) is 14.0. The Kier molecular flexibility index (Phi) is 6.00. The summed E-state index contributed by atoms with van der Waals surface area (Å²) in [5.74, 6) is -3.47. The zero-order chi connectivity index (χ0) is 18.4. The summed E-state index contributed by atoms with van der Waals surface area (Å²) in [6.45, 7) is 1.25. The lowest BCUT2D eigenvalue weighted by molar-refractivity contribution is -0.534. The van der Waals surface area contributed by atoms with Gasteiger partial charge in [0.2, 0.25) is 6.04 Å². The van der Waals surface area contributed by atoms with Crippen LogP contribution in [-0.2, 0) is 14.3 Å². The van der Waals surface area contributed by atoms with Crippen LogP contribution in [0.5, 0.6) is 0 Å². The molecule has 0 heterocycles. The van der Waals surface area contributed by atoms with Gasteiger partial charge < -0.3 is 4.74 Å². The van der Waals surface area contributed by atoms with Crippen LogP contribution in [0.15, 0.2) is 60.7 Å². The minimum absolute atomic E-state index is 0.427. The molecule has 0 saturated heterocycles. The molecule has 0 fully saturated rings. The number of esters is 1. The third-order valence-electron chi connectivity index (χ3n) is 4.15. The van der Waals surface area contributed by atoms with Crippen molar-refractivity contribution in [3.05, 3.63) is 81.9 Å². The molecule has 0 amide bonds. The van der Waals surface area contributed by atoms with Crippen molar-refractivity contribution in [3.63, 3.8) is 0 Å². The maximum Gasteiger partial charge on any atom is 0.317 e. The monoisotopic (exact) mass is 341 g/mol. The smallest absolute Gasteiger partial charge is 0.317 e. The Morgan fingerprint density at radius 2 is 1.44 bits per heavy atom. The number of methoxy groups -OCH3 is 1. The van der Waals surface area contributed by atoms with E-state index in [1.807, 2.05) is 0 Å². The largest absolute Gasteiger partial charge is 0.468 e. The maximum absolute atomic E-state index is 12.3. The van der Waals surface area contributed by atoms with Gasteiger partial charge in [-0.2, -0.15) is 0 Å². The summed E-state index contributed by atoms with van der Waals surface area (Å²) in [6.07, 6.45) is 0. The van der Waals surface area contributed by atoms with E-state index in [-0.39, 0.29) is 0 Å². The molecule has 0 radical (unpaired) electrons. The van der Waals surface area contributed by atoms with Gasteiger partial charge in [0.1, 0.15) is 11.7 Å². The van der Waals surface area contributed by atoms with E-state index in [9.17, 15) is 19.7 Å². The molecule has 0 unspecified atom stereocenters. The number of benzene rings is 2. The normalized spacial score (nSPS) is 14.2. The van der Waals surface area contributed by atoms with Gasteiger partial charge in [0.25, 0.3) is 0 Å². The highest BCUT2D eigenvalue weighted by molar-refractivity contribution is 5.98. The molecule has 0 aromatic heterocycles. The number of hydrogen-bond donors (Lipinski definition) is 0. The number of nitrogens with zero attached hydrogens (tertiary/aromatic N) is 1. The number of rotatable bonds is 7. The Morgan fingerprint density at radius 1 is 0.960 bits per heavy atom. The van der Waals surface area contributed by atoms with Crippen molar-refractivity contribution in [2.45, 2.75) is 18.9 Å². The fraction of sp³-hybridized carbons (Fsp3) is 0.263. The summed E-state index contributed by atoms with van der Waals surface area (Å²) in [5, 5.41) is 11.9. The van der Waals surface area contributed by atoms with E-state index < -0.39 is 34.6 Å². The van der Waals surface area contributed by atoms with E-state index >= 15 is 0 Å². The second-order valence-electron chi connectivity index (χ2n) is 5.69. The molecule has 0 aliphatic carbocycles. The molecule has 2 aromatic rings. The minimum atomic E-state index is -1.26. The number of Topliss-reactive ketones (excluding diaryl/α,β-unsaturated/α-hetero) is 1. The van der Waals surface area contributed by atoms with Crippen LogP contribution in [0, 0.1) is 16.0 Å². The van der Waals surface area contributed by atoms with Gasteiger partial charge >= 0.3 is 5.97 Å². The van der Waals surface area contributed by atoms with Crippen LogP contribution in [0.4, 0.5) is 0 Å². The van der Waals surface area contributed by atoms with E-state index in [1.54, 1.807) is 60.7 Å². The van der Waals surface area contributed by atoms with Crippen molar-refractivity contribution in [1.82, 2.24) is 0 Å². The quantitative estimate of drug-likeness (QED) is 0.334. The van der Waals surface area contributed by atoms with Gasteiger partial charge in [-0.05, 0) is 12.5 Å². The lowest BCUT2D eigenvalue weighted by Gasteiger charge is -2.26.